The maximum absolute atomic E-state index is 13.8. The summed E-state index contributed by atoms with van der Waals surface area (Å²) < 4.78 is 13.8. The molecule has 1 N–H and O–H groups in total. The van der Waals surface area contributed by atoms with Crippen LogP contribution in [-0.2, 0) is 6.42 Å². The maximum Gasteiger partial charge on any atom is 0.126 e. The summed E-state index contributed by atoms with van der Waals surface area (Å²) in [6, 6.07) is 5.73. The van der Waals surface area contributed by atoms with Crippen molar-refractivity contribution in [1.82, 2.24) is 10.3 Å². The molecule has 1 aromatic carbocycles. The summed E-state index contributed by atoms with van der Waals surface area (Å²) in [6.45, 7) is 6.35. The van der Waals surface area contributed by atoms with E-state index in [4.69, 9.17) is 4.98 Å². The van der Waals surface area contributed by atoms with Gasteiger partial charge in [-0.3, -0.25) is 0 Å². The standard InChI is InChI=1S/C17H21FN2S/c1-10-5-6-11(7-12(10)18)16-20-14-9-17(2,3)8-13(19-4)15(14)21-16/h5-7,13,19H,8-9H2,1-4H3. The minimum atomic E-state index is -0.161. The van der Waals surface area contributed by atoms with Crippen LogP contribution < -0.4 is 5.32 Å². The number of aryl methyl sites for hydroxylation is 1. The molecule has 1 atom stereocenters. The number of benzene rings is 1. The first-order valence-electron chi connectivity index (χ1n) is 7.33. The molecule has 0 saturated carbocycles. The predicted molar refractivity (Wildman–Crippen MR) is 86.1 cm³/mol. The minimum absolute atomic E-state index is 0.161. The predicted octanol–water partition coefficient (Wildman–Crippen LogP) is 4.49. The van der Waals surface area contributed by atoms with E-state index in [0.29, 0.717) is 11.6 Å². The first kappa shape index (κ1) is 14.7. The highest BCUT2D eigenvalue weighted by Gasteiger charge is 2.34. The molecule has 112 valence electrons. The van der Waals surface area contributed by atoms with Gasteiger partial charge in [-0.05, 0) is 43.9 Å². The van der Waals surface area contributed by atoms with Gasteiger partial charge >= 0.3 is 0 Å². The third kappa shape index (κ3) is 2.74. The van der Waals surface area contributed by atoms with Crippen LogP contribution in [0.1, 0.15) is 42.4 Å². The Kier molecular flexibility index (Phi) is 3.62. The van der Waals surface area contributed by atoms with Gasteiger partial charge < -0.3 is 5.32 Å². The zero-order valence-corrected chi connectivity index (χ0v) is 13.8. The van der Waals surface area contributed by atoms with Crippen molar-refractivity contribution in [3.8, 4) is 10.6 Å². The van der Waals surface area contributed by atoms with E-state index < -0.39 is 0 Å². The molecule has 0 saturated heterocycles. The fourth-order valence-electron chi connectivity index (χ4n) is 3.02. The summed E-state index contributed by atoms with van der Waals surface area (Å²) >= 11 is 1.70. The molecular formula is C17H21FN2S. The lowest BCUT2D eigenvalue weighted by molar-refractivity contribution is 0.265. The zero-order chi connectivity index (χ0) is 15.2. The highest BCUT2D eigenvalue weighted by atomic mass is 32.1. The molecule has 1 unspecified atom stereocenters. The summed E-state index contributed by atoms with van der Waals surface area (Å²) in [5.74, 6) is -0.161. The highest BCUT2D eigenvalue weighted by molar-refractivity contribution is 7.15. The number of nitrogens with zero attached hydrogens (tertiary/aromatic N) is 1. The second-order valence-corrected chi connectivity index (χ2v) is 7.71. The molecule has 1 aliphatic carbocycles. The van der Waals surface area contributed by atoms with E-state index >= 15 is 0 Å². The molecule has 2 nitrogen and oxygen atoms in total. The molecular weight excluding hydrogens is 283 g/mol. The number of thiazole rings is 1. The highest BCUT2D eigenvalue weighted by Crippen LogP contribution is 2.44. The first-order valence-corrected chi connectivity index (χ1v) is 8.15. The van der Waals surface area contributed by atoms with Gasteiger partial charge in [-0.2, -0.15) is 0 Å². The molecule has 1 aromatic heterocycles. The monoisotopic (exact) mass is 304 g/mol. The van der Waals surface area contributed by atoms with Crippen LogP contribution in [0.3, 0.4) is 0 Å². The van der Waals surface area contributed by atoms with Crippen LogP contribution in [0.5, 0.6) is 0 Å². The fourth-order valence-corrected chi connectivity index (χ4v) is 4.20. The number of nitrogens with one attached hydrogen (secondary N) is 1. The van der Waals surface area contributed by atoms with Gasteiger partial charge in [-0.1, -0.05) is 26.0 Å². The third-order valence-corrected chi connectivity index (χ3v) is 5.47. The van der Waals surface area contributed by atoms with Crippen molar-refractivity contribution in [3.63, 3.8) is 0 Å². The second-order valence-electron chi connectivity index (χ2n) is 6.68. The van der Waals surface area contributed by atoms with E-state index in [9.17, 15) is 4.39 Å². The Morgan fingerprint density at radius 1 is 1.38 bits per heavy atom. The second kappa shape index (κ2) is 5.18. The lowest BCUT2D eigenvalue weighted by atomic mass is 9.76. The van der Waals surface area contributed by atoms with Crippen molar-refractivity contribution < 1.29 is 4.39 Å². The van der Waals surface area contributed by atoms with E-state index in [1.807, 2.05) is 19.2 Å². The molecule has 2 aromatic rings. The molecule has 0 amide bonds. The fraction of sp³-hybridized carbons (Fsp3) is 0.471. The van der Waals surface area contributed by atoms with Crippen LogP contribution in [0.15, 0.2) is 18.2 Å². The van der Waals surface area contributed by atoms with Crippen molar-refractivity contribution in [2.24, 2.45) is 5.41 Å². The average Bonchev–Trinajstić information content (AvgIpc) is 2.83. The van der Waals surface area contributed by atoms with Crippen LogP contribution in [-0.4, -0.2) is 12.0 Å². The molecule has 0 aliphatic heterocycles. The van der Waals surface area contributed by atoms with Crippen LogP contribution >= 0.6 is 11.3 Å². The topological polar surface area (TPSA) is 24.9 Å². The molecule has 0 bridgehead atoms. The van der Waals surface area contributed by atoms with Gasteiger partial charge in [0.1, 0.15) is 10.8 Å². The SMILES string of the molecule is CNC1CC(C)(C)Cc2nc(-c3ccc(C)c(F)c3)sc21. The largest absolute Gasteiger partial charge is 0.312 e. The number of fused-ring (bicyclic) bond motifs is 1. The molecule has 1 aliphatic rings. The minimum Gasteiger partial charge on any atom is -0.312 e. The molecule has 1 heterocycles. The number of aromatic nitrogens is 1. The normalized spacial score (nSPS) is 20.3. The van der Waals surface area contributed by atoms with Crippen molar-refractivity contribution in [2.45, 2.75) is 39.7 Å². The summed E-state index contributed by atoms with van der Waals surface area (Å²) in [6.07, 6.45) is 2.10. The van der Waals surface area contributed by atoms with E-state index in [1.54, 1.807) is 24.3 Å². The van der Waals surface area contributed by atoms with Gasteiger partial charge in [0, 0.05) is 16.5 Å². The Bertz CT molecular complexity index is 675. The van der Waals surface area contributed by atoms with Gasteiger partial charge in [0.25, 0.3) is 0 Å². The number of hydrogen-bond acceptors (Lipinski definition) is 3. The Morgan fingerprint density at radius 3 is 2.81 bits per heavy atom. The van der Waals surface area contributed by atoms with Gasteiger partial charge in [0.05, 0.1) is 5.69 Å². The Labute approximate surface area is 129 Å². The van der Waals surface area contributed by atoms with Crippen LogP contribution in [0.4, 0.5) is 4.39 Å². The third-order valence-electron chi connectivity index (χ3n) is 4.21. The molecule has 0 fully saturated rings. The molecule has 21 heavy (non-hydrogen) atoms. The molecule has 4 heteroatoms. The van der Waals surface area contributed by atoms with Gasteiger partial charge in [-0.25, -0.2) is 9.37 Å². The molecule has 0 radical (unpaired) electrons. The molecule has 0 spiro atoms. The van der Waals surface area contributed by atoms with Crippen molar-refractivity contribution in [1.29, 1.82) is 0 Å². The number of halogens is 1. The zero-order valence-electron chi connectivity index (χ0n) is 13.0. The maximum atomic E-state index is 13.8. The van der Waals surface area contributed by atoms with Gasteiger partial charge in [-0.15, -0.1) is 11.3 Å². The van der Waals surface area contributed by atoms with Crippen molar-refractivity contribution >= 4 is 11.3 Å². The van der Waals surface area contributed by atoms with E-state index in [0.717, 1.165) is 23.4 Å². The Morgan fingerprint density at radius 2 is 2.14 bits per heavy atom. The summed E-state index contributed by atoms with van der Waals surface area (Å²) in [7, 11) is 2.00. The lowest BCUT2D eigenvalue weighted by Crippen LogP contribution is -2.30. The van der Waals surface area contributed by atoms with Gasteiger partial charge in [0.2, 0.25) is 0 Å². The smallest absolute Gasteiger partial charge is 0.126 e. The van der Waals surface area contributed by atoms with Crippen molar-refractivity contribution in [2.75, 3.05) is 7.05 Å². The van der Waals surface area contributed by atoms with E-state index in [2.05, 4.69) is 19.2 Å². The first-order chi connectivity index (χ1) is 9.89. The lowest BCUT2D eigenvalue weighted by Gasteiger charge is -2.34. The van der Waals surface area contributed by atoms with E-state index in [1.165, 1.54) is 10.6 Å². The average molecular weight is 304 g/mol. The van der Waals surface area contributed by atoms with Crippen molar-refractivity contribution in [3.05, 3.63) is 40.2 Å². The number of hydrogen-bond donors (Lipinski definition) is 1. The van der Waals surface area contributed by atoms with Gasteiger partial charge in [0.15, 0.2) is 0 Å². The molecule has 3 rings (SSSR count). The van der Waals surface area contributed by atoms with Crippen LogP contribution in [0.25, 0.3) is 10.6 Å². The quantitative estimate of drug-likeness (QED) is 0.884. The van der Waals surface area contributed by atoms with E-state index in [-0.39, 0.29) is 11.2 Å². The van der Waals surface area contributed by atoms with Crippen LogP contribution in [0.2, 0.25) is 0 Å². The summed E-state index contributed by atoms with van der Waals surface area (Å²) in [5.41, 5.74) is 2.98. The summed E-state index contributed by atoms with van der Waals surface area (Å²) in [4.78, 5) is 6.11. The Hall–Kier alpha value is -1.26. The Balaban J connectivity index is 2.04. The summed E-state index contributed by atoms with van der Waals surface area (Å²) in [5, 5.41) is 4.32. The van der Waals surface area contributed by atoms with Crippen LogP contribution in [0, 0.1) is 18.2 Å². The number of rotatable bonds is 2.